The number of cyclic esters (lactones) is 2. The third kappa shape index (κ3) is 0.981. The van der Waals surface area contributed by atoms with Crippen LogP contribution in [0.1, 0.15) is 19.8 Å². The molecule has 14 heavy (non-hydrogen) atoms. The molecule has 1 aliphatic heterocycles. The summed E-state index contributed by atoms with van der Waals surface area (Å²) in [6.45, 7) is 1.50. The normalized spacial score (nSPS) is 40.9. The molecule has 2 aliphatic rings. The van der Waals surface area contributed by atoms with E-state index in [4.69, 9.17) is 5.11 Å². The van der Waals surface area contributed by atoms with E-state index in [0.29, 0.717) is 6.42 Å². The second-order valence-electron chi connectivity index (χ2n) is 4.15. The van der Waals surface area contributed by atoms with Crippen molar-refractivity contribution in [1.29, 1.82) is 0 Å². The summed E-state index contributed by atoms with van der Waals surface area (Å²) in [7, 11) is 0. The smallest absolute Gasteiger partial charge is 0.317 e. The van der Waals surface area contributed by atoms with Gasteiger partial charge < -0.3 is 9.84 Å². The van der Waals surface area contributed by atoms with Gasteiger partial charge in [-0.15, -0.1) is 0 Å². The van der Waals surface area contributed by atoms with Crippen molar-refractivity contribution in [2.45, 2.75) is 19.8 Å². The number of hydrogen-bond donors (Lipinski definition) is 1. The Bertz CT molecular complexity index is 334. The maximum absolute atomic E-state index is 11.3. The Kier molecular flexibility index (Phi) is 1.68. The van der Waals surface area contributed by atoms with E-state index >= 15 is 0 Å². The number of fused-ring (bicyclic) bond motifs is 2. The standard InChI is InChI=1S/C9H10O5/c1-9(8(12)13)3-4-2-5(9)7(11)14-6(4)10/h4-5H,2-3H2,1H3,(H,12,13)/t4-,5-,9+/m0/s1. The monoisotopic (exact) mass is 198 g/mol. The van der Waals surface area contributed by atoms with Crippen molar-refractivity contribution in [3.8, 4) is 0 Å². The average molecular weight is 198 g/mol. The van der Waals surface area contributed by atoms with Crippen LogP contribution in [0.5, 0.6) is 0 Å². The van der Waals surface area contributed by atoms with Crippen LogP contribution in [0, 0.1) is 17.3 Å². The van der Waals surface area contributed by atoms with Crippen LogP contribution < -0.4 is 0 Å². The van der Waals surface area contributed by atoms with Crippen LogP contribution in [-0.4, -0.2) is 23.0 Å². The van der Waals surface area contributed by atoms with E-state index in [0.717, 1.165) is 0 Å². The molecule has 5 heteroatoms. The molecule has 0 aromatic heterocycles. The molecule has 0 spiro atoms. The maximum Gasteiger partial charge on any atom is 0.317 e. The first kappa shape index (κ1) is 9.18. The van der Waals surface area contributed by atoms with Crippen molar-refractivity contribution in [2.75, 3.05) is 0 Å². The van der Waals surface area contributed by atoms with Crippen LogP contribution in [0.4, 0.5) is 0 Å². The predicted octanol–water partition coefficient (Wildman–Crippen LogP) is 0.187. The number of rotatable bonds is 1. The van der Waals surface area contributed by atoms with Crippen LogP contribution >= 0.6 is 0 Å². The van der Waals surface area contributed by atoms with E-state index in [-0.39, 0.29) is 6.42 Å². The predicted molar refractivity (Wildman–Crippen MR) is 43.1 cm³/mol. The van der Waals surface area contributed by atoms with Crippen LogP contribution in [0.15, 0.2) is 0 Å². The van der Waals surface area contributed by atoms with Gasteiger partial charge >= 0.3 is 17.9 Å². The summed E-state index contributed by atoms with van der Waals surface area (Å²) in [4.78, 5) is 33.4. The summed E-state index contributed by atoms with van der Waals surface area (Å²) in [6, 6.07) is 0. The molecular formula is C9H10O5. The fraction of sp³-hybridized carbons (Fsp3) is 0.667. The molecule has 2 rings (SSSR count). The molecule has 1 heterocycles. The molecule has 1 saturated heterocycles. The van der Waals surface area contributed by atoms with Crippen molar-refractivity contribution in [3.05, 3.63) is 0 Å². The van der Waals surface area contributed by atoms with Gasteiger partial charge in [-0.3, -0.25) is 14.4 Å². The van der Waals surface area contributed by atoms with E-state index in [2.05, 4.69) is 4.74 Å². The SMILES string of the molecule is C[C@@]1(C(=O)O)C[C@@H]2C[C@H]1C(=O)OC2=O. The van der Waals surface area contributed by atoms with Gasteiger partial charge in [0.15, 0.2) is 0 Å². The fourth-order valence-corrected chi connectivity index (χ4v) is 2.31. The zero-order valence-corrected chi connectivity index (χ0v) is 7.65. The highest BCUT2D eigenvalue weighted by Crippen LogP contribution is 2.50. The largest absolute Gasteiger partial charge is 0.481 e. The Balaban J connectivity index is 2.38. The minimum absolute atomic E-state index is 0.206. The summed E-state index contributed by atoms with van der Waals surface area (Å²) < 4.78 is 4.48. The number of aliphatic carboxylic acids is 1. The summed E-state index contributed by atoms with van der Waals surface area (Å²) in [5, 5.41) is 9.00. The molecular weight excluding hydrogens is 188 g/mol. The molecule has 0 amide bonds. The van der Waals surface area contributed by atoms with Gasteiger partial charge in [0.2, 0.25) is 0 Å². The van der Waals surface area contributed by atoms with Gasteiger partial charge in [0.1, 0.15) is 0 Å². The molecule has 3 atom stereocenters. The van der Waals surface area contributed by atoms with E-state index in [1.807, 2.05) is 0 Å². The molecule has 2 fully saturated rings. The lowest BCUT2D eigenvalue weighted by Gasteiger charge is -2.23. The number of ether oxygens (including phenoxy) is 1. The Labute approximate surface area is 80.0 Å². The number of hydrogen-bond acceptors (Lipinski definition) is 4. The lowest BCUT2D eigenvalue weighted by molar-refractivity contribution is -0.172. The van der Waals surface area contributed by atoms with E-state index in [1.54, 1.807) is 0 Å². The van der Waals surface area contributed by atoms with Crippen molar-refractivity contribution in [1.82, 2.24) is 0 Å². The van der Waals surface area contributed by atoms with Crippen molar-refractivity contribution < 1.29 is 24.2 Å². The molecule has 0 aromatic carbocycles. The van der Waals surface area contributed by atoms with Crippen molar-refractivity contribution in [2.24, 2.45) is 17.3 Å². The summed E-state index contributed by atoms with van der Waals surface area (Å²) in [5.41, 5.74) is -1.13. The molecule has 1 aliphatic carbocycles. The number of carboxylic acids is 1. The Hall–Kier alpha value is -1.39. The molecule has 0 radical (unpaired) electrons. The summed E-state index contributed by atoms with van der Waals surface area (Å²) in [5.74, 6) is -3.37. The quantitative estimate of drug-likeness (QED) is 0.480. The summed E-state index contributed by atoms with van der Waals surface area (Å²) in [6.07, 6.45) is 0.526. The minimum atomic E-state index is -1.13. The van der Waals surface area contributed by atoms with Gasteiger partial charge in [-0.2, -0.15) is 0 Å². The van der Waals surface area contributed by atoms with Crippen LogP contribution in [-0.2, 0) is 19.1 Å². The first-order valence-electron chi connectivity index (χ1n) is 4.44. The third-order valence-corrected chi connectivity index (χ3v) is 3.27. The first-order valence-corrected chi connectivity index (χ1v) is 4.44. The highest BCUT2D eigenvalue weighted by molar-refractivity contribution is 5.96. The zero-order chi connectivity index (χ0) is 10.5. The summed E-state index contributed by atoms with van der Waals surface area (Å²) >= 11 is 0. The van der Waals surface area contributed by atoms with Gasteiger partial charge in [0, 0.05) is 0 Å². The number of esters is 2. The highest BCUT2D eigenvalue weighted by atomic mass is 16.6. The molecule has 76 valence electrons. The second-order valence-corrected chi connectivity index (χ2v) is 4.15. The lowest BCUT2D eigenvalue weighted by Crippen LogP contribution is -2.37. The average Bonchev–Trinajstić information content (AvgIpc) is 2.39. The molecule has 5 nitrogen and oxygen atoms in total. The van der Waals surface area contributed by atoms with E-state index in [9.17, 15) is 14.4 Å². The Morgan fingerprint density at radius 2 is 2.14 bits per heavy atom. The van der Waals surface area contributed by atoms with Crippen LogP contribution in [0.25, 0.3) is 0 Å². The zero-order valence-electron chi connectivity index (χ0n) is 7.65. The van der Waals surface area contributed by atoms with Crippen LogP contribution in [0.3, 0.4) is 0 Å². The van der Waals surface area contributed by atoms with Gasteiger partial charge in [0.05, 0.1) is 17.3 Å². The Morgan fingerprint density at radius 3 is 2.71 bits per heavy atom. The fourth-order valence-electron chi connectivity index (χ4n) is 2.31. The topological polar surface area (TPSA) is 80.7 Å². The molecule has 1 saturated carbocycles. The Morgan fingerprint density at radius 1 is 1.50 bits per heavy atom. The number of carbonyl (C=O) groups excluding carboxylic acids is 2. The van der Waals surface area contributed by atoms with Gasteiger partial charge in [-0.05, 0) is 19.8 Å². The van der Waals surface area contributed by atoms with Crippen LogP contribution in [0.2, 0.25) is 0 Å². The highest BCUT2D eigenvalue weighted by Gasteiger charge is 2.58. The van der Waals surface area contributed by atoms with E-state index in [1.165, 1.54) is 6.92 Å². The first-order chi connectivity index (χ1) is 6.45. The van der Waals surface area contributed by atoms with Crippen molar-refractivity contribution in [3.63, 3.8) is 0 Å². The number of carboxylic acid groups (broad SMARTS) is 1. The maximum atomic E-state index is 11.3. The van der Waals surface area contributed by atoms with Gasteiger partial charge in [-0.1, -0.05) is 0 Å². The third-order valence-electron chi connectivity index (χ3n) is 3.27. The second kappa shape index (κ2) is 2.56. The molecule has 0 aromatic rings. The van der Waals surface area contributed by atoms with Gasteiger partial charge in [-0.25, -0.2) is 0 Å². The molecule has 0 unspecified atom stereocenters. The van der Waals surface area contributed by atoms with Crippen molar-refractivity contribution >= 4 is 17.9 Å². The van der Waals surface area contributed by atoms with Gasteiger partial charge in [0.25, 0.3) is 0 Å². The molecule has 1 N–H and O–H groups in total. The minimum Gasteiger partial charge on any atom is -0.481 e. The lowest BCUT2D eigenvalue weighted by atomic mass is 9.80. The molecule has 2 bridgehead atoms. The van der Waals surface area contributed by atoms with E-state index < -0.39 is 35.2 Å². The number of carbonyl (C=O) groups is 3.